The van der Waals surface area contributed by atoms with Gasteiger partial charge in [-0.1, -0.05) is 43.7 Å². The zero-order valence-electron chi connectivity index (χ0n) is 11.6. The molecule has 1 atom stereocenters. The summed E-state index contributed by atoms with van der Waals surface area (Å²) in [5.41, 5.74) is 2.08. The largest absolute Gasteiger partial charge is 0.481 e. The van der Waals surface area contributed by atoms with Gasteiger partial charge in [0.25, 0.3) is 0 Å². The quantitative estimate of drug-likeness (QED) is 0.826. The Kier molecular flexibility index (Phi) is 5.55. The summed E-state index contributed by atoms with van der Waals surface area (Å²) in [6, 6.07) is 7.42. The van der Waals surface area contributed by atoms with Crippen molar-refractivity contribution in [3.05, 3.63) is 35.4 Å². The lowest BCUT2D eigenvalue weighted by Gasteiger charge is -2.20. The highest BCUT2D eigenvalue weighted by Crippen LogP contribution is 2.08. The molecule has 4 heteroatoms. The Hall–Kier alpha value is -1.84. The van der Waals surface area contributed by atoms with Crippen molar-refractivity contribution in [3.8, 4) is 0 Å². The monoisotopic (exact) mass is 263 g/mol. The van der Waals surface area contributed by atoms with Gasteiger partial charge in [0, 0.05) is 6.04 Å². The van der Waals surface area contributed by atoms with Crippen molar-refractivity contribution < 1.29 is 14.7 Å². The van der Waals surface area contributed by atoms with Crippen LogP contribution in [0.4, 0.5) is 0 Å². The van der Waals surface area contributed by atoms with E-state index in [0.717, 1.165) is 11.1 Å². The molecule has 0 aliphatic carbocycles. The van der Waals surface area contributed by atoms with Crippen molar-refractivity contribution in [3.63, 3.8) is 0 Å². The second-order valence-corrected chi connectivity index (χ2v) is 5.18. The van der Waals surface area contributed by atoms with Gasteiger partial charge in [0.1, 0.15) is 0 Å². The average molecular weight is 263 g/mol. The van der Waals surface area contributed by atoms with Gasteiger partial charge in [-0.2, -0.15) is 0 Å². The highest BCUT2D eigenvalue weighted by molar-refractivity contribution is 5.79. The van der Waals surface area contributed by atoms with Crippen LogP contribution in [0.2, 0.25) is 0 Å². The SMILES string of the molecule is Cc1ccc(CC(=O)NC(CC(=O)O)C(C)C)cc1. The van der Waals surface area contributed by atoms with Gasteiger partial charge in [0.05, 0.1) is 12.8 Å². The van der Waals surface area contributed by atoms with E-state index in [1.807, 2.05) is 45.0 Å². The molecule has 1 amide bonds. The van der Waals surface area contributed by atoms with Crippen molar-refractivity contribution >= 4 is 11.9 Å². The predicted octanol–water partition coefficient (Wildman–Crippen LogP) is 2.15. The Morgan fingerprint density at radius 3 is 2.26 bits per heavy atom. The third-order valence-electron chi connectivity index (χ3n) is 3.03. The molecule has 1 unspecified atom stereocenters. The van der Waals surface area contributed by atoms with Crippen molar-refractivity contribution in [2.24, 2.45) is 5.92 Å². The fraction of sp³-hybridized carbons (Fsp3) is 0.467. The standard InChI is InChI=1S/C15H21NO3/c1-10(2)13(9-15(18)19)16-14(17)8-12-6-4-11(3)5-7-12/h4-7,10,13H,8-9H2,1-3H3,(H,16,17)(H,18,19). The molecule has 2 N–H and O–H groups in total. The third kappa shape index (κ3) is 5.55. The maximum Gasteiger partial charge on any atom is 0.305 e. The van der Waals surface area contributed by atoms with Crippen LogP contribution in [0.15, 0.2) is 24.3 Å². The highest BCUT2D eigenvalue weighted by Gasteiger charge is 2.19. The molecule has 0 saturated heterocycles. The fourth-order valence-electron chi connectivity index (χ4n) is 1.79. The lowest BCUT2D eigenvalue weighted by Crippen LogP contribution is -2.40. The molecule has 4 nitrogen and oxygen atoms in total. The first kappa shape index (κ1) is 15.2. The number of aryl methyl sites for hydroxylation is 1. The van der Waals surface area contributed by atoms with Crippen LogP contribution in [-0.4, -0.2) is 23.0 Å². The van der Waals surface area contributed by atoms with E-state index in [0.29, 0.717) is 0 Å². The van der Waals surface area contributed by atoms with E-state index in [1.54, 1.807) is 0 Å². The summed E-state index contributed by atoms with van der Waals surface area (Å²) in [4.78, 5) is 22.6. The molecule has 1 aromatic rings. The maximum absolute atomic E-state index is 11.9. The number of hydrogen-bond donors (Lipinski definition) is 2. The van der Waals surface area contributed by atoms with Gasteiger partial charge in [0.15, 0.2) is 0 Å². The van der Waals surface area contributed by atoms with E-state index < -0.39 is 5.97 Å². The number of amides is 1. The van der Waals surface area contributed by atoms with E-state index in [-0.39, 0.29) is 30.7 Å². The van der Waals surface area contributed by atoms with E-state index in [4.69, 9.17) is 5.11 Å². The number of nitrogens with one attached hydrogen (secondary N) is 1. The molecule has 0 fully saturated rings. The van der Waals surface area contributed by atoms with Crippen molar-refractivity contribution in [2.75, 3.05) is 0 Å². The van der Waals surface area contributed by atoms with Crippen LogP contribution in [0, 0.1) is 12.8 Å². The van der Waals surface area contributed by atoms with Gasteiger partial charge < -0.3 is 10.4 Å². The Bertz CT molecular complexity index is 437. The molecule has 19 heavy (non-hydrogen) atoms. The molecule has 1 rings (SSSR count). The second-order valence-electron chi connectivity index (χ2n) is 5.18. The minimum atomic E-state index is -0.894. The molecule has 0 aliphatic heterocycles. The zero-order chi connectivity index (χ0) is 14.4. The number of rotatable bonds is 6. The fourth-order valence-corrected chi connectivity index (χ4v) is 1.79. The normalized spacial score (nSPS) is 12.2. The molecule has 0 bridgehead atoms. The topological polar surface area (TPSA) is 66.4 Å². The van der Waals surface area contributed by atoms with Crippen molar-refractivity contribution in [1.29, 1.82) is 0 Å². The number of carboxylic acids is 1. The van der Waals surface area contributed by atoms with Crippen molar-refractivity contribution in [2.45, 2.75) is 39.7 Å². The number of carbonyl (C=O) groups excluding carboxylic acids is 1. The summed E-state index contributed by atoms with van der Waals surface area (Å²) >= 11 is 0. The molecule has 0 aromatic heterocycles. The van der Waals surface area contributed by atoms with Crippen LogP contribution in [0.1, 0.15) is 31.4 Å². The van der Waals surface area contributed by atoms with Gasteiger partial charge in [0.2, 0.25) is 5.91 Å². The van der Waals surface area contributed by atoms with Gasteiger partial charge in [-0.15, -0.1) is 0 Å². The first-order valence-electron chi connectivity index (χ1n) is 6.45. The summed E-state index contributed by atoms with van der Waals surface area (Å²) in [5, 5.41) is 11.6. The number of benzene rings is 1. The van der Waals surface area contributed by atoms with E-state index in [1.165, 1.54) is 0 Å². The average Bonchev–Trinajstić information content (AvgIpc) is 2.30. The Balaban J connectivity index is 2.57. The summed E-state index contributed by atoms with van der Waals surface area (Å²) in [5.74, 6) is -0.934. The van der Waals surface area contributed by atoms with E-state index in [9.17, 15) is 9.59 Å². The Labute approximate surface area is 113 Å². The van der Waals surface area contributed by atoms with Gasteiger partial charge in [-0.05, 0) is 18.4 Å². The van der Waals surface area contributed by atoms with Gasteiger partial charge >= 0.3 is 5.97 Å². The summed E-state index contributed by atoms with van der Waals surface area (Å²) < 4.78 is 0. The first-order chi connectivity index (χ1) is 8.88. The number of hydrogen-bond acceptors (Lipinski definition) is 2. The minimum Gasteiger partial charge on any atom is -0.481 e. The molecule has 0 spiro atoms. The second kappa shape index (κ2) is 6.92. The molecular weight excluding hydrogens is 242 g/mol. The van der Waals surface area contributed by atoms with Crippen LogP contribution < -0.4 is 5.32 Å². The molecule has 1 aromatic carbocycles. The van der Waals surface area contributed by atoms with Crippen LogP contribution in [0.3, 0.4) is 0 Å². The smallest absolute Gasteiger partial charge is 0.305 e. The van der Waals surface area contributed by atoms with Crippen LogP contribution >= 0.6 is 0 Å². The Morgan fingerprint density at radius 1 is 1.21 bits per heavy atom. The number of carboxylic acid groups (broad SMARTS) is 1. The lowest BCUT2D eigenvalue weighted by atomic mass is 10.0. The molecule has 0 heterocycles. The van der Waals surface area contributed by atoms with Crippen molar-refractivity contribution in [1.82, 2.24) is 5.32 Å². The molecule has 0 saturated carbocycles. The predicted molar refractivity (Wildman–Crippen MR) is 73.9 cm³/mol. The summed E-state index contributed by atoms with van der Waals surface area (Å²) in [6.45, 7) is 5.80. The van der Waals surface area contributed by atoms with E-state index in [2.05, 4.69) is 5.32 Å². The number of carbonyl (C=O) groups is 2. The molecule has 0 aliphatic rings. The molecule has 0 radical (unpaired) electrons. The lowest BCUT2D eigenvalue weighted by molar-refractivity contribution is -0.138. The summed E-state index contributed by atoms with van der Waals surface area (Å²) in [7, 11) is 0. The highest BCUT2D eigenvalue weighted by atomic mass is 16.4. The van der Waals surface area contributed by atoms with Crippen LogP contribution in [0.25, 0.3) is 0 Å². The van der Waals surface area contributed by atoms with Gasteiger partial charge in [-0.25, -0.2) is 0 Å². The third-order valence-corrected chi connectivity index (χ3v) is 3.03. The maximum atomic E-state index is 11.9. The van der Waals surface area contributed by atoms with Gasteiger partial charge in [-0.3, -0.25) is 9.59 Å². The zero-order valence-corrected chi connectivity index (χ0v) is 11.6. The Morgan fingerprint density at radius 2 is 1.79 bits per heavy atom. The minimum absolute atomic E-state index is 0.0443. The van der Waals surface area contributed by atoms with Crippen LogP contribution in [-0.2, 0) is 16.0 Å². The van der Waals surface area contributed by atoms with Crippen LogP contribution in [0.5, 0.6) is 0 Å². The number of aliphatic carboxylic acids is 1. The molecular formula is C15H21NO3. The van der Waals surface area contributed by atoms with E-state index >= 15 is 0 Å². The molecule has 104 valence electrons. The summed E-state index contributed by atoms with van der Waals surface area (Å²) in [6.07, 6.45) is 0.237. The first-order valence-corrected chi connectivity index (χ1v) is 6.45.